The molecule has 25 heavy (non-hydrogen) atoms. The average molecular weight is 365 g/mol. The lowest BCUT2D eigenvalue weighted by molar-refractivity contribution is 0.0940. The molecule has 0 heterocycles. The van der Waals surface area contributed by atoms with Gasteiger partial charge in [-0.05, 0) is 42.3 Å². The number of carbonyl (C=O) groups is 1. The third kappa shape index (κ3) is 5.29. The van der Waals surface area contributed by atoms with Crippen LogP contribution in [0.3, 0.4) is 0 Å². The van der Waals surface area contributed by atoms with Crippen molar-refractivity contribution in [3.05, 3.63) is 65.0 Å². The molecule has 1 atom stereocenters. The molecule has 0 radical (unpaired) electrons. The van der Waals surface area contributed by atoms with E-state index in [0.717, 1.165) is 6.26 Å². The van der Waals surface area contributed by atoms with Crippen molar-refractivity contribution in [3.63, 3.8) is 0 Å². The molecule has 0 aliphatic rings. The van der Waals surface area contributed by atoms with Gasteiger partial charge in [0.05, 0.1) is 18.9 Å². The van der Waals surface area contributed by atoms with Crippen molar-refractivity contribution in [2.45, 2.75) is 18.7 Å². The molecule has 0 aliphatic heterocycles. The van der Waals surface area contributed by atoms with Crippen LogP contribution in [0.15, 0.2) is 42.5 Å². The van der Waals surface area contributed by atoms with Crippen molar-refractivity contribution in [1.82, 2.24) is 5.32 Å². The highest BCUT2D eigenvalue weighted by atomic mass is 32.2. The minimum absolute atomic E-state index is 0.0730. The molecule has 0 saturated heterocycles. The Kier molecular flexibility index (Phi) is 5.79. The van der Waals surface area contributed by atoms with Gasteiger partial charge < -0.3 is 10.1 Å². The highest BCUT2D eigenvalue weighted by Crippen LogP contribution is 2.22. The van der Waals surface area contributed by atoms with Crippen molar-refractivity contribution in [3.8, 4) is 5.75 Å². The number of hydrogen-bond donors (Lipinski definition) is 1. The molecule has 7 heteroatoms. The molecule has 0 fully saturated rings. The number of halogens is 1. The predicted molar refractivity (Wildman–Crippen MR) is 93.8 cm³/mol. The second-order valence-electron chi connectivity index (χ2n) is 5.86. The summed E-state index contributed by atoms with van der Waals surface area (Å²) in [4.78, 5) is 12.3. The lowest BCUT2D eigenvalue weighted by Crippen LogP contribution is -2.26. The van der Waals surface area contributed by atoms with Crippen LogP contribution in [-0.4, -0.2) is 27.7 Å². The van der Waals surface area contributed by atoms with Gasteiger partial charge in [-0.15, -0.1) is 0 Å². The second kappa shape index (κ2) is 7.65. The summed E-state index contributed by atoms with van der Waals surface area (Å²) in [7, 11) is -1.74. The van der Waals surface area contributed by atoms with Crippen LogP contribution in [0.1, 0.15) is 34.5 Å². The minimum Gasteiger partial charge on any atom is -0.494 e. The Bertz CT molecular complexity index is 863. The van der Waals surface area contributed by atoms with E-state index >= 15 is 0 Å². The molecular weight excluding hydrogens is 345 g/mol. The quantitative estimate of drug-likeness (QED) is 0.854. The molecule has 0 aromatic heterocycles. The first-order chi connectivity index (χ1) is 11.7. The minimum atomic E-state index is -3.12. The third-order valence-corrected chi connectivity index (χ3v) is 4.53. The smallest absolute Gasteiger partial charge is 0.251 e. The van der Waals surface area contributed by atoms with Gasteiger partial charge in [0.2, 0.25) is 0 Å². The summed E-state index contributed by atoms with van der Waals surface area (Å²) in [5.74, 6) is -0.749. The van der Waals surface area contributed by atoms with E-state index in [-0.39, 0.29) is 17.4 Å². The Labute approximate surface area is 146 Å². The van der Waals surface area contributed by atoms with Crippen molar-refractivity contribution in [1.29, 1.82) is 0 Å². The molecule has 0 spiro atoms. The maximum absolute atomic E-state index is 13.8. The highest BCUT2D eigenvalue weighted by Gasteiger charge is 2.14. The first-order valence-corrected chi connectivity index (χ1v) is 9.66. The Morgan fingerprint density at radius 2 is 1.84 bits per heavy atom. The molecule has 2 rings (SSSR count). The molecule has 134 valence electrons. The number of sulfone groups is 1. The number of rotatable bonds is 6. The van der Waals surface area contributed by atoms with Crippen LogP contribution >= 0.6 is 0 Å². The van der Waals surface area contributed by atoms with E-state index in [4.69, 9.17) is 4.74 Å². The normalized spacial score (nSPS) is 12.5. The Morgan fingerprint density at radius 1 is 1.20 bits per heavy atom. The number of benzene rings is 2. The zero-order chi connectivity index (χ0) is 18.6. The summed E-state index contributed by atoms with van der Waals surface area (Å²) in [6.07, 6.45) is 1.16. The van der Waals surface area contributed by atoms with Gasteiger partial charge in [0.25, 0.3) is 5.91 Å². The molecular formula is C18H20FNO4S. The number of nitrogens with one attached hydrogen (secondary N) is 1. The average Bonchev–Trinajstić information content (AvgIpc) is 2.53. The van der Waals surface area contributed by atoms with E-state index in [2.05, 4.69) is 5.32 Å². The largest absolute Gasteiger partial charge is 0.494 e. The van der Waals surface area contributed by atoms with Crippen molar-refractivity contribution in [2.75, 3.05) is 13.4 Å². The van der Waals surface area contributed by atoms with Crippen LogP contribution in [-0.2, 0) is 15.6 Å². The van der Waals surface area contributed by atoms with E-state index in [0.29, 0.717) is 16.7 Å². The fourth-order valence-corrected chi connectivity index (χ4v) is 3.17. The van der Waals surface area contributed by atoms with Crippen molar-refractivity contribution < 1.29 is 22.3 Å². The predicted octanol–water partition coefficient (Wildman–Crippen LogP) is 2.87. The van der Waals surface area contributed by atoms with Gasteiger partial charge in [-0.2, -0.15) is 0 Å². The van der Waals surface area contributed by atoms with E-state index in [1.54, 1.807) is 37.3 Å². The molecule has 2 aromatic rings. The topological polar surface area (TPSA) is 72.5 Å². The van der Waals surface area contributed by atoms with Gasteiger partial charge in [0.15, 0.2) is 21.4 Å². The number of hydrogen-bond acceptors (Lipinski definition) is 4. The standard InChI is InChI=1S/C18H20FNO4S/c1-12(15-8-9-17(24-2)16(19)10-15)20-18(21)14-6-4-13(5-7-14)11-25(3,22)23/h4-10,12H,11H2,1-3H3,(H,20,21)/t12-/m1/s1. The summed E-state index contributed by atoms with van der Waals surface area (Å²) in [6, 6.07) is 10.5. The van der Waals surface area contributed by atoms with Crippen LogP contribution in [0.5, 0.6) is 5.75 Å². The molecule has 0 bridgehead atoms. The number of carbonyl (C=O) groups excluding carboxylic acids is 1. The van der Waals surface area contributed by atoms with Crippen LogP contribution in [0.4, 0.5) is 4.39 Å². The molecule has 0 aliphatic carbocycles. The van der Waals surface area contributed by atoms with Gasteiger partial charge in [-0.1, -0.05) is 18.2 Å². The summed E-state index contributed by atoms with van der Waals surface area (Å²) in [5, 5.41) is 2.78. The van der Waals surface area contributed by atoms with E-state index in [1.807, 2.05) is 0 Å². The van der Waals surface area contributed by atoms with Crippen molar-refractivity contribution in [2.24, 2.45) is 0 Å². The Morgan fingerprint density at radius 3 is 2.36 bits per heavy atom. The van der Waals surface area contributed by atoms with Gasteiger partial charge in [0, 0.05) is 11.8 Å². The second-order valence-corrected chi connectivity index (χ2v) is 8.00. The Hall–Kier alpha value is -2.41. The zero-order valence-electron chi connectivity index (χ0n) is 14.2. The molecule has 0 unspecified atom stereocenters. The summed E-state index contributed by atoms with van der Waals surface area (Å²) in [6.45, 7) is 1.75. The zero-order valence-corrected chi connectivity index (χ0v) is 15.1. The SMILES string of the molecule is COc1ccc([C@@H](C)NC(=O)c2ccc(CS(C)(=O)=O)cc2)cc1F. The third-order valence-electron chi connectivity index (χ3n) is 3.67. The van der Waals surface area contributed by atoms with Gasteiger partial charge in [-0.25, -0.2) is 12.8 Å². The monoisotopic (exact) mass is 365 g/mol. The first kappa shape index (κ1) is 18.9. The van der Waals surface area contributed by atoms with Gasteiger partial charge >= 0.3 is 0 Å². The van der Waals surface area contributed by atoms with E-state index in [1.165, 1.54) is 19.2 Å². The van der Waals surface area contributed by atoms with Crippen LogP contribution in [0.25, 0.3) is 0 Å². The lowest BCUT2D eigenvalue weighted by Gasteiger charge is -2.15. The maximum Gasteiger partial charge on any atom is 0.251 e. The molecule has 0 saturated carbocycles. The number of methoxy groups -OCH3 is 1. The molecule has 1 N–H and O–H groups in total. The Balaban J connectivity index is 2.07. The molecule has 2 aromatic carbocycles. The van der Waals surface area contributed by atoms with Crippen LogP contribution < -0.4 is 10.1 Å². The lowest BCUT2D eigenvalue weighted by atomic mass is 10.1. The fraction of sp³-hybridized carbons (Fsp3) is 0.278. The van der Waals surface area contributed by atoms with Crippen LogP contribution in [0, 0.1) is 5.82 Å². The fourth-order valence-electron chi connectivity index (χ4n) is 2.37. The maximum atomic E-state index is 13.8. The summed E-state index contributed by atoms with van der Waals surface area (Å²) < 4.78 is 41.2. The molecule has 1 amide bonds. The highest BCUT2D eigenvalue weighted by molar-refractivity contribution is 7.89. The van der Waals surface area contributed by atoms with E-state index < -0.39 is 21.7 Å². The number of ether oxygens (including phenoxy) is 1. The summed E-state index contributed by atoms with van der Waals surface area (Å²) in [5.41, 5.74) is 1.63. The van der Waals surface area contributed by atoms with Gasteiger partial charge in [0.1, 0.15) is 0 Å². The summed E-state index contributed by atoms with van der Waals surface area (Å²) >= 11 is 0. The van der Waals surface area contributed by atoms with E-state index in [9.17, 15) is 17.6 Å². The van der Waals surface area contributed by atoms with Crippen molar-refractivity contribution >= 4 is 15.7 Å². The molecule has 5 nitrogen and oxygen atoms in total. The van der Waals surface area contributed by atoms with Crippen LogP contribution in [0.2, 0.25) is 0 Å². The van der Waals surface area contributed by atoms with Gasteiger partial charge in [-0.3, -0.25) is 4.79 Å². The number of amides is 1. The first-order valence-electron chi connectivity index (χ1n) is 7.60.